The Morgan fingerprint density at radius 3 is 2.62 bits per heavy atom. The van der Waals surface area contributed by atoms with Crippen LogP contribution in [0, 0.1) is 5.92 Å². The lowest BCUT2D eigenvalue weighted by atomic mass is 10.0. The van der Waals surface area contributed by atoms with Crippen LogP contribution in [-0.2, 0) is 19.4 Å². The number of aromatic nitrogens is 2. The minimum Gasteiger partial charge on any atom is -0.326 e. The summed E-state index contributed by atoms with van der Waals surface area (Å²) in [5.41, 5.74) is 9.25. The van der Waals surface area contributed by atoms with Crippen molar-refractivity contribution < 1.29 is 0 Å². The average Bonchev–Trinajstić information content (AvgIpc) is 2.45. The number of hydrogen-bond acceptors (Lipinski definition) is 2. The zero-order valence-electron chi connectivity index (χ0n) is 8.72. The third-order valence-corrected chi connectivity index (χ3v) is 2.19. The summed E-state index contributed by atoms with van der Waals surface area (Å²) in [5, 5.41) is 7.33. The molecule has 1 rings (SSSR count). The van der Waals surface area contributed by atoms with Crippen LogP contribution in [0.25, 0.3) is 0 Å². The summed E-state index contributed by atoms with van der Waals surface area (Å²) in [6.07, 6.45) is 2.00. The van der Waals surface area contributed by atoms with E-state index < -0.39 is 0 Å². The fraction of sp³-hybridized carbons (Fsp3) is 0.700. The van der Waals surface area contributed by atoms with Crippen LogP contribution >= 0.6 is 0 Å². The van der Waals surface area contributed by atoms with E-state index in [1.807, 2.05) is 0 Å². The van der Waals surface area contributed by atoms with Gasteiger partial charge in [0.25, 0.3) is 0 Å². The molecule has 0 amide bonds. The van der Waals surface area contributed by atoms with E-state index in [1.165, 1.54) is 11.3 Å². The fourth-order valence-electron chi connectivity index (χ4n) is 1.55. The maximum atomic E-state index is 5.69. The van der Waals surface area contributed by atoms with Crippen molar-refractivity contribution in [3.05, 3.63) is 17.0 Å². The van der Waals surface area contributed by atoms with Crippen molar-refractivity contribution in [1.82, 2.24) is 10.2 Å². The van der Waals surface area contributed by atoms with Gasteiger partial charge in [-0.25, -0.2) is 0 Å². The standard InChI is InChI=1S/C10H19N3/c1-4-9-8(6-11)10(13-12-9)5-7(2)3/h7H,4-6,11H2,1-3H3,(H,12,13). The van der Waals surface area contributed by atoms with Crippen LogP contribution in [0.1, 0.15) is 37.7 Å². The molecule has 0 aliphatic rings. The summed E-state index contributed by atoms with van der Waals surface area (Å²) >= 11 is 0. The predicted octanol–water partition coefficient (Wildman–Crippen LogP) is 1.63. The van der Waals surface area contributed by atoms with Gasteiger partial charge in [-0.1, -0.05) is 20.8 Å². The molecular formula is C10H19N3. The quantitative estimate of drug-likeness (QED) is 0.741. The highest BCUT2D eigenvalue weighted by Crippen LogP contribution is 2.14. The topological polar surface area (TPSA) is 54.7 Å². The molecule has 1 aromatic rings. The second-order valence-electron chi connectivity index (χ2n) is 3.78. The Morgan fingerprint density at radius 2 is 2.15 bits per heavy atom. The molecule has 0 aromatic carbocycles. The Morgan fingerprint density at radius 1 is 1.46 bits per heavy atom. The van der Waals surface area contributed by atoms with Crippen LogP contribution in [0.5, 0.6) is 0 Å². The summed E-state index contributed by atoms with van der Waals surface area (Å²) in [5.74, 6) is 0.649. The number of aryl methyl sites for hydroxylation is 1. The normalized spacial score (nSPS) is 11.2. The Balaban J connectivity index is 2.87. The molecule has 0 saturated heterocycles. The summed E-state index contributed by atoms with van der Waals surface area (Å²) in [4.78, 5) is 0. The second-order valence-corrected chi connectivity index (χ2v) is 3.78. The molecule has 3 nitrogen and oxygen atoms in total. The lowest BCUT2D eigenvalue weighted by Gasteiger charge is -2.04. The van der Waals surface area contributed by atoms with Crippen molar-refractivity contribution >= 4 is 0 Å². The maximum absolute atomic E-state index is 5.69. The molecule has 0 aliphatic carbocycles. The van der Waals surface area contributed by atoms with Gasteiger partial charge < -0.3 is 5.73 Å². The molecule has 13 heavy (non-hydrogen) atoms. The highest BCUT2D eigenvalue weighted by atomic mass is 15.1. The molecule has 0 aliphatic heterocycles. The molecule has 1 heterocycles. The number of nitrogens with zero attached hydrogens (tertiary/aromatic N) is 1. The average molecular weight is 181 g/mol. The largest absolute Gasteiger partial charge is 0.326 e. The number of hydrogen-bond donors (Lipinski definition) is 2. The van der Waals surface area contributed by atoms with E-state index in [0.717, 1.165) is 18.5 Å². The van der Waals surface area contributed by atoms with Crippen LogP contribution in [0.15, 0.2) is 0 Å². The maximum Gasteiger partial charge on any atom is 0.0667 e. The third kappa shape index (κ3) is 2.31. The van der Waals surface area contributed by atoms with Gasteiger partial charge in [0.2, 0.25) is 0 Å². The van der Waals surface area contributed by atoms with E-state index >= 15 is 0 Å². The Kier molecular flexibility index (Phi) is 3.48. The monoisotopic (exact) mass is 181 g/mol. The first-order valence-electron chi connectivity index (χ1n) is 4.94. The van der Waals surface area contributed by atoms with Gasteiger partial charge in [0.1, 0.15) is 0 Å². The van der Waals surface area contributed by atoms with Crippen molar-refractivity contribution in [3.8, 4) is 0 Å². The van der Waals surface area contributed by atoms with E-state index in [1.54, 1.807) is 0 Å². The molecular weight excluding hydrogens is 162 g/mol. The molecule has 0 bridgehead atoms. The molecule has 1 aromatic heterocycles. The molecule has 0 saturated carbocycles. The van der Waals surface area contributed by atoms with Crippen LogP contribution in [0.3, 0.4) is 0 Å². The lowest BCUT2D eigenvalue weighted by molar-refractivity contribution is 0.629. The van der Waals surface area contributed by atoms with Crippen LogP contribution < -0.4 is 5.73 Å². The molecule has 3 N–H and O–H groups in total. The van der Waals surface area contributed by atoms with E-state index in [4.69, 9.17) is 5.73 Å². The van der Waals surface area contributed by atoms with Crippen molar-refractivity contribution in [2.24, 2.45) is 11.7 Å². The van der Waals surface area contributed by atoms with Crippen molar-refractivity contribution in [2.45, 2.75) is 40.2 Å². The van der Waals surface area contributed by atoms with Crippen molar-refractivity contribution in [1.29, 1.82) is 0 Å². The first kappa shape index (κ1) is 10.3. The highest BCUT2D eigenvalue weighted by molar-refractivity contribution is 5.25. The van der Waals surface area contributed by atoms with Gasteiger partial charge in [-0.05, 0) is 18.8 Å². The summed E-state index contributed by atoms with van der Waals surface area (Å²) in [7, 11) is 0. The first-order chi connectivity index (χ1) is 6.19. The van der Waals surface area contributed by atoms with Crippen molar-refractivity contribution in [2.75, 3.05) is 0 Å². The van der Waals surface area contributed by atoms with Gasteiger partial charge in [0, 0.05) is 17.8 Å². The molecule has 0 fully saturated rings. The van der Waals surface area contributed by atoms with Gasteiger partial charge in [0.15, 0.2) is 0 Å². The van der Waals surface area contributed by atoms with E-state index in [-0.39, 0.29) is 0 Å². The van der Waals surface area contributed by atoms with Gasteiger partial charge in [-0.15, -0.1) is 0 Å². The minimum absolute atomic E-state index is 0.599. The number of rotatable bonds is 4. The number of nitrogens with two attached hydrogens (primary N) is 1. The number of nitrogens with one attached hydrogen (secondary N) is 1. The predicted molar refractivity (Wildman–Crippen MR) is 54.4 cm³/mol. The molecule has 0 atom stereocenters. The molecule has 74 valence electrons. The number of aromatic amines is 1. The Labute approximate surface area is 79.7 Å². The summed E-state index contributed by atoms with van der Waals surface area (Å²) in [6, 6.07) is 0. The summed E-state index contributed by atoms with van der Waals surface area (Å²) < 4.78 is 0. The highest BCUT2D eigenvalue weighted by Gasteiger charge is 2.10. The molecule has 0 unspecified atom stereocenters. The second kappa shape index (κ2) is 4.42. The SMILES string of the molecule is CCc1n[nH]c(CC(C)C)c1CN. The van der Waals surface area contributed by atoms with Crippen LogP contribution in [0.4, 0.5) is 0 Å². The zero-order chi connectivity index (χ0) is 9.84. The van der Waals surface area contributed by atoms with E-state index in [0.29, 0.717) is 12.5 Å². The number of H-pyrrole nitrogens is 1. The molecule has 3 heteroatoms. The van der Waals surface area contributed by atoms with Crippen molar-refractivity contribution in [3.63, 3.8) is 0 Å². The van der Waals surface area contributed by atoms with E-state index in [9.17, 15) is 0 Å². The minimum atomic E-state index is 0.599. The summed E-state index contributed by atoms with van der Waals surface area (Å²) in [6.45, 7) is 7.11. The fourth-order valence-corrected chi connectivity index (χ4v) is 1.55. The zero-order valence-corrected chi connectivity index (χ0v) is 8.72. The smallest absolute Gasteiger partial charge is 0.0667 e. The molecule has 0 radical (unpaired) electrons. The Hall–Kier alpha value is -0.830. The first-order valence-corrected chi connectivity index (χ1v) is 4.94. The van der Waals surface area contributed by atoms with Gasteiger partial charge in [-0.2, -0.15) is 5.10 Å². The van der Waals surface area contributed by atoms with E-state index in [2.05, 4.69) is 31.0 Å². The van der Waals surface area contributed by atoms with Gasteiger partial charge in [-0.3, -0.25) is 5.10 Å². The molecule has 0 spiro atoms. The third-order valence-electron chi connectivity index (χ3n) is 2.19. The van der Waals surface area contributed by atoms with Gasteiger partial charge >= 0.3 is 0 Å². The lowest BCUT2D eigenvalue weighted by Crippen LogP contribution is -2.04. The Bertz CT molecular complexity index is 263. The van der Waals surface area contributed by atoms with Gasteiger partial charge in [0.05, 0.1) is 5.69 Å². The van der Waals surface area contributed by atoms with Crippen LogP contribution in [-0.4, -0.2) is 10.2 Å². The van der Waals surface area contributed by atoms with Crippen LogP contribution in [0.2, 0.25) is 0 Å².